The molecule has 5 heteroatoms. The molecule has 0 saturated heterocycles. The van der Waals surface area contributed by atoms with E-state index in [2.05, 4.69) is 34.2 Å². The summed E-state index contributed by atoms with van der Waals surface area (Å²) < 4.78 is 15.0. The van der Waals surface area contributed by atoms with E-state index in [1.165, 1.54) is 0 Å². The van der Waals surface area contributed by atoms with Crippen molar-refractivity contribution in [2.75, 3.05) is 6.54 Å². The van der Waals surface area contributed by atoms with Gasteiger partial charge in [-0.25, -0.2) is 4.39 Å². The zero-order valence-electron chi connectivity index (χ0n) is 11.3. The second kappa shape index (κ2) is 7.03. The predicted octanol–water partition coefficient (Wildman–Crippen LogP) is 5.70. The summed E-state index contributed by atoms with van der Waals surface area (Å²) in [4.78, 5) is 1.11. The van der Waals surface area contributed by atoms with Gasteiger partial charge in [-0.1, -0.05) is 24.6 Å². The lowest BCUT2D eigenvalue weighted by molar-refractivity contribution is 0.588. The summed E-state index contributed by atoms with van der Waals surface area (Å²) in [5.41, 5.74) is 1.98. The van der Waals surface area contributed by atoms with Crippen LogP contribution in [-0.2, 0) is 0 Å². The Balaban J connectivity index is 2.38. The molecule has 1 nitrogen and oxygen atoms in total. The van der Waals surface area contributed by atoms with Crippen LogP contribution in [0, 0.1) is 12.7 Å². The molecule has 20 heavy (non-hydrogen) atoms. The number of thiophene rings is 1. The van der Waals surface area contributed by atoms with Crippen molar-refractivity contribution in [2.24, 2.45) is 0 Å². The topological polar surface area (TPSA) is 12.0 Å². The summed E-state index contributed by atoms with van der Waals surface area (Å²) >= 11 is 10.9. The third kappa shape index (κ3) is 3.61. The van der Waals surface area contributed by atoms with Crippen molar-refractivity contribution < 1.29 is 4.39 Å². The molecule has 0 amide bonds. The molecular formula is C15H16BrClFNS. The number of nitrogens with one attached hydrogen (secondary N) is 1. The van der Waals surface area contributed by atoms with Gasteiger partial charge < -0.3 is 5.32 Å². The molecule has 1 unspecified atom stereocenters. The van der Waals surface area contributed by atoms with Gasteiger partial charge in [0.25, 0.3) is 0 Å². The lowest BCUT2D eigenvalue weighted by Gasteiger charge is -2.18. The molecule has 0 radical (unpaired) electrons. The highest BCUT2D eigenvalue weighted by atomic mass is 79.9. The maximum absolute atomic E-state index is 13.8. The minimum atomic E-state index is -0.245. The second-order valence-corrected chi connectivity index (χ2v) is 7.21. The van der Waals surface area contributed by atoms with Crippen LogP contribution in [0.2, 0.25) is 4.34 Å². The van der Waals surface area contributed by atoms with Gasteiger partial charge in [0.15, 0.2) is 0 Å². The Bertz CT molecular complexity index is 580. The van der Waals surface area contributed by atoms with Crippen LogP contribution in [0.1, 0.15) is 35.4 Å². The molecule has 2 rings (SSSR count). The van der Waals surface area contributed by atoms with Crippen LogP contribution in [0.15, 0.2) is 28.7 Å². The largest absolute Gasteiger partial charge is 0.306 e. The number of halogens is 3. The van der Waals surface area contributed by atoms with Crippen LogP contribution in [0.4, 0.5) is 4.39 Å². The number of benzene rings is 1. The van der Waals surface area contributed by atoms with E-state index >= 15 is 0 Å². The maximum atomic E-state index is 13.8. The van der Waals surface area contributed by atoms with Gasteiger partial charge in [-0.3, -0.25) is 0 Å². The van der Waals surface area contributed by atoms with Gasteiger partial charge >= 0.3 is 0 Å². The van der Waals surface area contributed by atoms with E-state index in [0.717, 1.165) is 33.3 Å². The molecule has 1 N–H and O–H groups in total. The van der Waals surface area contributed by atoms with Crippen molar-refractivity contribution in [3.63, 3.8) is 0 Å². The first-order valence-electron chi connectivity index (χ1n) is 6.47. The summed E-state index contributed by atoms with van der Waals surface area (Å²) in [6, 6.07) is 7.30. The molecule has 0 aliphatic carbocycles. The van der Waals surface area contributed by atoms with E-state index in [9.17, 15) is 4.39 Å². The van der Waals surface area contributed by atoms with Gasteiger partial charge in [-0.05, 0) is 65.1 Å². The van der Waals surface area contributed by atoms with Crippen molar-refractivity contribution >= 4 is 38.9 Å². The summed E-state index contributed by atoms with van der Waals surface area (Å²) in [5, 5.41) is 3.46. The summed E-state index contributed by atoms with van der Waals surface area (Å²) in [6.07, 6.45) is 1.02. The van der Waals surface area contributed by atoms with Crippen LogP contribution in [0.25, 0.3) is 0 Å². The molecule has 0 aliphatic rings. The molecule has 2 aromatic rings. The van der Waals surface area contributed by atoms with E-state index in [0.29, 0.717) is 4.47 Å². The monoisotopic (exact) mass is 375 g/mol. The highest BCUT2D eigenvalue weighted by molar-refractivity contribution is 9.10. The fraction of sp³-hybridized carbons (Fsp3) is 0.333. The van der Waals surface area contributed by atoms with Gasteiger partial charge in [0.2, 0.25) is 0 Å². The highest BCUT2D eigenvalue weighted by Crippen LogP contribution is 2.34. The van der Waals surface area contributed by atoms with E-state index in [-0.39, 0.29) is 11.9 Å². The Morgan fingerprint density at radius 3 is 2.70 bits per heavy atom. The average Bonchev–Trinajstić information content (AvgIpc) is 2.74. The Hall–Kier alpha value is -0.420. The average molecular weight is 377 g/mol. The number of hydrogen-bond donors (Lipinski definition) is 1. The Labute approximate surface area is 136 Å². The molecule has 1 atom stereocenters. The third-order valence-corrected chi connectivity index (χ3v) is 5.30. The lowest BCUT2D eigenvalue weighted by Crippen LogP contribution is -2.22. The molecule has 108 valence electrons. The highest BCUT2D eigenvalue weighted by Gasteiger charge is 2.18. The predicted molar refractivity (Wildman–Crippen MR) is 88.3 cm³/mol. The van der Waals surface area contributed by atoms with Crippen LogP contribution >= 0.6 is 38.9 Å². The smallest absolute Gasteiger partial charge is 0.137 e. The van der Waals surface area contributed by atoms with Crippen molar-refractivity contribution in [3.05, 3.63) is 54.9 Å². The summed E-state index contributed by atoms with van der Waals surface area (Å²) in [7, 11) is 0. The summed E-state index contributed by atoms with van der Waals surface area (Å²) in [6.45, 7) is 4.97. The van der Waals surface area contributed by atoms with Gasteiger partial charge in [0.05, 0.1) is 14.9 Å². The van der Waals surface area contributed by atoms with Crippen molar-refractivity contribution in [2.45, 2.75) is 26.3 Å². The van der Waals surface area contributed by atoms with Gasteiger partial charge in [0.1, 0.15) is 5.82 Å². The molecule has 0 bridgehead atoms. The van der Waals surface area contributed by atoms with E-state index in [4.69, 9.17) is 11.6 Å². The molecule has 0 saturated carbocycles. The van der Waals surface area contributed by atoms with E-state index in [1.54, 1.807) is 23.5 Å². The first kappa shape index (κ1) is 16.0. The van der Waals surface area contributed by atoms with Crippen molar-refractivity contribution in [1.82, 2.24) is 5.32 Å². The molecular weight excluding hydrogens is 361 g/mol. The number of hydrogen-bond acceptors (Lipinski definition) is 2. The second-order valence-electron chi connectivity index (χ2n) is 4.67. The molecule has 0 aliphatic heterocycles. The SMILES string of the molecule is CCCNC(c1ccc(Br)c(F)c1)c1cc(C)c(Cl)s1. The molecule has 1 heterocycles. The fourth-order valence-corrected chi connectivity index (χ4v) is 3.56. The summed E-state index contributed by atoms with van der Waals surface area (Å²) in [5.74, 6) is -0.245. The Kier molecular flexibility index (Phi) is 5.61. The molecule has 1 aromatic carbocycles. The molecule has 1 aromatic heterocycles. The first-order valence-corrected chi connectivity index (χ1v) is 8.45. The molecule has 0 spiro atoms. The van der Waals surface area contributed by atoms with Crippen molar-refractivity contribution in [1.29, 1.82) is 0 Å². The lowest BCUT2D eigenvalue weighted by atomic mass is 10.0. The number of aryl methyl sites for hydroxylation is 1. The normalized spacial score (nSPS) is 12.7. The van der Waals surface area contributed by atoms with Crippen LogP contribution < -0.4 is 5.32 Å². The standard InChI is InChI=1S/C15H16BrClFNS/c1-3-6-19-14(13-7-9(2)15(17)20-13)10-4-5-11(16)12(18)8-10/h4-5,7-8,14,19H,3,6H2,1-2H3. The van der Waals surface area contributed by atoms with E-state index in [1.807, 2.05) is 13.0 Å². The van der Waals surface area contributed by atoms with Gasteiger partial charge in [0, 0.05) is 4.88 Å². The Morgan fingerprint density at radius 2 is 2.15 bits per heavy atom. The minimum absolute atomic E-state index is 0.0197. The zero-order valence-corrected chi connectivity index (χ0v) is 14.5. The van der Waals surface area contributed by atoms with Crippen LogP contribution in [0.5, 0.6) is 0 Å². The third-order valence-electron chi connectivity index (χ3n) is 3.04. The van der Waals surface area contributed by atoms with Gasteiger partial charge in [-0.15, -0.1) is 11.3 Å². The van der Waals surface area contributed by atoms with Gasteiger partial charge in [-0.2, -0.15) is 0 Å². The van der Waals surface area contributed by atoms with E-state index < -0.39 is 0 Å². The quantitative estimate of drug-likeness (QED) is 0.705. The van der Waals surface area contributed by atoms with Crippen LogP contribution in [-0.4, -0.2) is 6.54 Å². The molecule has 0 fully saturated rings. The fourth-order valence-electron chi connectivity index (χ4n) is 1.99. The van der Waals surface area contributed by atoms with Crippen molar-refractivity contribution in [3.8, 4) is 0 Å². The van der Waals surface area contributed by atoms with Crippen LogP contribution in [0.3, 0.4) is 0 Å². The minimum Gasteiger partial charge on any atom is -0.306 e. The maximum Gasteiger partial charge on any atom is 0.137 e. The first-order chi connectivity index (χ1) is 9.52. The Morgan fingerprint density at radius 1 is 1.40 bits per heavy atom. The number of rotatable bonds is 5. The zero-order chi connectivity index (χ0) is 14.7.